The molecule has 2 aromatic carbocycles. The van der Waals surface area contributed by atoms with Crippen molar-refractivity contribution < 1.29 is 18.7 Å². The SMILES string of the molecule is CC1CC2(C1)CC(NC(=O)c1ccc(F)c3ccn(Cc4ccc(OC5CCOCC5)cc4)c13)C2. The fourth-order valence-corrected chi connectivity index (χ4v) is 6.56. The number of halogens is 1. The monoisotopic (exact) mass is 476 g/mol. The molecule has 1 N–H and O–H groups in total. The van der Waals surface area contributed by atoms with Gasteiger partial charge in [0.05, 0.1) is 24.3 Å². The van der Waals surface area contributed by atoms with Crippen molar-refractivity contribution >= 4 is 16.8 Å². The number of rotatable bonds is 6. The molecule has 1 saturated heterocycles. The van der Waals surface area contributed by atoms with Crippen LogP contribution in [0.15, 0.2) is 48.7 Å². The molecule has 3 aromatic rings. The van der Waals surface area contributed by atoms with Gasteiger partial charge in [-0.1, -0.05) is 19.1 Å². The van der Waals surface area contributed by atoms with E-state index < -0.39 is 0 Å². The van der Waals surface area contributed by atoms with Crippen LogP contribution in [0.25, 0.3) is 10.9 Å². The number of nitrogens with one attached hydrogen (secondary N) is 1. The molecular formula is C29H33FN2O3. The van der Waals surface area contributed by atoms with E-state index in [0.29, 0.717) is 28.4 Å². The summed E-state index contributed by atoms with van der Waals surface area (Å²) in [6.07, 6.45) is 8.58. The standard InChI is InChI=1S/C29H33FN2O3/c1-19-14-29(15-19)16-21(17-29)31-28(33)25-6-7-26(30)24-8-11-32(27(24)25)18-20-2-4-22(5-3-20)35-23-9-12-34-13-10-23/h2-8,11,19,21,23H,9-10,12-18H2,1H3,(H,31,33). The highest BCUT2D eigenvalue weighted by Crippen LogP contribution is 2.58. The van der Waals surface area contributed by atoms with Gasteiger partial charge in [0, 0.05) is 37.0 Å². The topological polar surface area (TPSA) is 52.5 Å². The summed E-state index contributed by atoms with van der Waals surface area (Å²) >= 11 is 0. The highest BCUT2D eigenvalue weighted by molar-refractivity contribution is 6.06. The van der Waals surface area contributed by atoms with E-state index in [1.54, 1.807) is 12.1 Å². The fraction of sp³-hybridized carbons (Fsp3) is 0.483. The molecule has 2 aliphatic carbocycles. The third-order valence-electron chi connectivity index (χ3n) is 8.12. The van der Waals surface area contributed by atoms with E-state index >= 15 is 0 Å². The van der Waals surface area contributed by atoms with E-state index in [9.17, 15) is 9.18 Å². The minimum Gasteiger partial charge on any atom is -0.490 e. The van der Waals surface area contributed by atoms with Crippen LogP contribution in [0.5, 0.6) is 5.75 Å². The second-order valence-corrected chi connectivity index (χ2v) is 11.0. The van der Waals surface area contributed by atoms with Gasteiger partial charge in [0.1, 0.15) is 17.7 Å². The van der Waals surface area contributed by atoms with Crippen molar-refractivity contribution in [2.45, 2.75) is 64.1 Å². The lowest BCUT2D eigenvalue weighted by Gasteiger charge is -2.57. The molecule has 1 amide bonds. The fourth-order valence-electron chi connectivity index (χ4n) is 6.56. The number of nitrogens with zero attached hydrogens (tertiary/aromatic N) is 1. The molecule has 184 valence electrons. The van der Waals surface area contributed by atoms with E-state index in [2.05, 4.69) is 12.2 Å². The minimum atomic E-state index is -0.304. The van der Waals surface area contributed by atoms with E-state index in [0.717, 1.165) is 56.1 Å². The van der Waals surface area contributed by atoms with Crippen molar-refractivity contribution in [3.8, 4) is 5.75 Å². The maximum Gasteiger partial charge on any atom is 0.253 e. The van der Waals surface area contributed by atoms with Crippen LogP contribution >= 0.6 is 0 Å². The lowest BCUT2D eigenvalue weighted by atomic mass is 9.50. The number of carbonyl (C=O) groups excluding carboxylic acids is 1. The van der Waals surface area contributed by atoms with Crippen LogP contribution in [-0.4, -0.2) is 35.8 Å². The molecule has 3 fully saturated rings. The van der Waals surface area contributed by atoms with Crippen molar-refractivity contribution in [2.24, 2.45) is 11.3 Å². The molecule has 0 bridgehead atoms. The summed E-state index contributed by atoms with van der Waals surface area (Å²) in [4.78, 5) is 13.2. The van der Waals surface area contributed by atoms with Crippen LogP contribution in [0.1, 0.15) is 61.4 Å². The van der Waals surface area contributed by atoms with Crippen LogP contribution < -0.4 is 10.1 Å². The Kier molecular flexibility index (Phi) is 5.79. The number of fused-ring (bicyclic) bond motifs is 1. The molecule has 35 heavy (non-hydrogen) atoms. The summed E-state index contributed by atoms with van der Waals surface area (Å²) in [7, 11) is 0. The van der Waals surface area contributed by atoms with Crippen LogP contribution in [0.4, 0.5) is 4.39 Å². The van der Waals surface area contributed by atoms with Gasteiger partial charge in [-0.25, -0.2) is 4.39 Å². The Balaban J connectivity index is 1.17. The molecule has 5 nitrogen and oxygen atoms in total. The first-order chi connectivity index (χ1) is 17.0. The molecule has 0 radical (unpaired) electrons. The first-order valence-corrected chi connectivity index (χ1v) is 12.9. The predicted octanol–water partition coefficient (Wildman–Crippen LogP) is 5.70. The summed E-state index contributed by atoms with van der Waals surface area (Å²) in [5, 5.41) is 3.69. The van der Waals surface area contributed by atoms with Gasteiger partial charge in [0.25, 0.3) is 5.91 Å². The second kappa shape index (κ2) is 8.98. The number of benzene rings is 2. The van der Waals surface area contributed by atoms with Gasteiger partial charge in [0.2, 0.25) is 0 Å². The van der Waals surface area contributed by atoms with Crippen molar-refractivity contribution in [3.63, 3.8) is 0 Å². The van der Waals surface area contributed by atoms with Crippen molar-refractivity contribution in [1.29, 1.82) is 0 Å². The summed E-state index contributed by atoms with van der Waals surface area (Å²) in [6.45, 7) is 4.34. The van der Waals surface area contributed by atoms with Crippen molar-refractivity contribution in [2.75, 3.05) is 13.2 Å². The van der Waals surface area contributed by atoms with Crippen LogP contribution in [-0.2, 0) is 11.3 Å². The third kappa shape index (κ3) is 4.44. The quantitative estimate of drug-likeness (QED) is 0.497. The van der Waals surface area contributed by atoms with Gasteiger partial charge in [-0.2, -0.15) is 0 Å². The lowest BCUT2D eigenvalue weighted by molar-refractivity contribution is -0.0399. The van der Waals surface area contributed by atoms with Crippen LogP contribution in [0.2, 0.25) is 0 Å². The largest absolute Gasteiger partial charge is 0.490 e. The molecule has 1 aliphatic heterocycles. The zero-order valence-electron chi connectivity index (χ0n) is 20.3. The molecule has 1 spiro atoms. The van der Waals surface area contributed by atoms with Crippen LogP contribution in [0.3, 0.4) is 0 Å². The smallest absolute Gasteiger partial charge is 0.253 e. The van der Waals surface area contributed by atoms with E-state index in [-0.39, 0.29) is 23.9 Å². The number of amides is 1. The van der Waals surface area contributed by atoms with Crippen molar-refractivity contribution in [1.82, 2.24) is 9.88 Å². The Morgan fingerprint density at radius 2 is 1.83 bits per heavy atom. The molecule has 0 atom stereocenters. The Hall–Kier alpha value is -2.86. The zero-order valence-corrected chi connectivity index (χ0v) is 20.3. The first-order valence-electron chi connectivity index (χ1n) is 12.9. The molecule has 6 rings (SSSR count). The summed E-state index contributed by atoms with van der Waals surface area (Å²) < 4.78 is 28.1. The van der Waals surface area contributed by atoms with E-state index in [1.807, 2.05) is 35.0 Å². The molecular weight excluding hydrogens is 443 g/mol. The van der Waals surface area contributed by atoms with Gasteiger partial charge in [-0.05, 0) is 72.9 Å². The highest BCUT2D eigenvalue weighted by Gasteiger charge is 2.51. The third-order valence-corrected chi connectivity index (χ3v) is 8.12. The zero-order chi connectivity index (χ0) is 24.0. The Morgan fingerprint density at radius 3 is 2.54 bits per heavy atom. The Bertz CT molecular complexity index is 1210. The molecule has 3 aliphatic rings. The maximum absolute atomic E-state index is 14.6. The molecule has 2 heterocycles. The normalized spacial score (nSPS) is 26.3. The summed E-state index contributed by atoms with van der Waals surface area (Å²) in [6, 6.07) is 13.0. The number of ether oxygens (including phenoxy) is 2. The second-order valence-electron chi connectivity index (χ2n) is 11.0. The average Bonchev–Trinajstić information content (AvgIpc) is 3.23. The van der Waals surface area contributed by atoms with Crippen LogP contribution in [0, 0.1) is 17.2 Å². The average molecular weight is 477 g/mol. The van der Waals surface area contributed by atoms with Gasteiger partial charge in [-0.15, -0.1) is 0 Å². The lowest BCUT2D eigenvalue weighted by Crippen LogP contribution is -2.55. The highest BCUT2D eigenvalue weighted by atomic mass is 19.1. The Labute approximate surface area is 205 Å². The number of aromatic nitrogens is 1. The number of hydrogen-bond donors (Lipinski definition) is 1. The minimum absolute atomic E-state index is 0.109. The summed E-state index contributed by atoms with van der Waals surface area (Å²) in [5.41, 5.74) is 2.72. The molecule has 6 heteroatoms. The maximum atomic E-state index is 14.6. The predicted molar refractivity (Wildman–Crippen MR) is 133 cm³/mol. The van der Waals surface area contributed by atoms with E-state index in [4.69, 9.17) is 9.47 Å². The van der Waals surface area contributed by atoms with Gasteiger partial charge < -0.3 is 19.4 Å². The molecule has 1 aromatic heterocycles. The van der Waals surface area contributed by atoms with Gasteiger partial charge >= 0.3 is 0 Å². The van der Waals surface area contributed by atoms with E-state index in [1.165, 1.54) is 18.9 Å². The first kappa shape index (κ1) is 22.6. The number of hydrogen-bond acceptors (Lipinski definition) is 3. The van der Waals surface area contributed by atoms with Gasteiger partial charge in [0.15, 0.2) is 0 Å². The molecule has 0 unspecified atom stereocenters. The summed E-state index contributed by atoms with van der Waals surface area (Å²) in [5.74, 6) is 1.25. The van der Waals surface area contributed by atoms with Gasteiger partial charge in [-0.3, -0.25) is 4.79 Å². The number of carbonyl (C=O) groups is 1. The Morgan fingerprint density at radius 1 is 1.09 bits per heavy atom. The van der Waals surface area contributed by atoms with Crippen molar-refractivity contribution in [3.05, 3.63) is 65.6 Å². The molecule has 2 saturated carbocycles.